The number of ketones is 1. The largest absolute Gasteiger partial charge is 0.379 e. The molecule has 1 fully saturated rings. The number of anilines is 1. The monoisotopic (exact) mass is 313 g/mol. The van der Waals surface area contributed by atoms with Crippen LogP contribution >= 0.6 is 27.7 Å². The minimum atomic E-state index is -0.555. The van der Waals surface area contributed by atoms with Crippen molar-refractivity contribution < 1.29 is 14.3 Å². The molecule has 1 aromatic carbocycles. The lowest BCUT2D eigenvalue weighted by molar-refractivity contribution is -0.112. The molecule has 0 atom stereocenters. The minimum Gasteiger partial charge on any atom is -0.379 e. The van der Waals surface area contributed by atoms with Crippen molar-refractivity contribution in [3.8, 4) is 0 Å². The van der Waals surface area contributed by atoms with Crippen molar-refractivity contribution in [1.29, 1.82) is 0 Å². The van der Waals surface area contributed by atoms with Gasteiger partial charge in [0, 0.05) is 9.37 Å². The first-order chi connectivity index (χ1) is 8.15. The third-order valence-corrected chi connectivity index (χ3v) is 4.79. The zero-order valence-electron chi connectivity index (χ0n) is 8.66. The maximum atomic E-state index is 11.5. The summed E-state index contributed by atoms with van der Waals surface area (Å²) in [5, 5.41) is 3.03. The van der Waals surface area contributed by atoms with Crippen LogP contribution in [0.2, 0.25) is 0 Å². The highest BCUT2D eigenvalue weighted by Gasteiger charge is 2.30. The molecule has 0 saturated carbocycles. The van der Waals surface area contributed by atoms with E-state index in [2.05, 4.69) is 21.2 Å². The van der Waals surface area contributed by atoms with Gasteiger partial charge in [-0.2, -0.15) is 0 Å². The molecule has 0 aromatic heterocycles. The maximum absolute atomic E-state index is 11.5. The number of benzene rings is 1. The van der Waals surface area contributed by atoms with Gasteiger partial charge >= 0.3 is 0 Å². The van der Waals surface area contributed by atoms with Gasteiger partial charge in [0.25, 0.3) is 11.7 Å². The highest BCUT2D eigenvalue weighted by molar-refractivity contribution is 9.10. The van der Waals surface area contributed by atoms with Crippen LogP contribution in [0.1, 0.15) is 10.4 Å². The maximum Gasteiger partial charge on any atom is 0.296 e. The molecule has 2 aliphatic heterocycles. The van der Waals surface area contributed by atoms with Crippen molar-refractivity contribution in [3.63, 3.8) is 0 Å². The van der Waals surface area contributed by atoms with E-state index in [1.807, 2.05) is 6.07 Å². The fourth-order valence-corrected chi connectivity index (χ4v) is 3.37. The number of ether oxygens (including phenoxy) is 1. The first-order valence-electron chi connectivity index (χ1n) is 5.09. The predicted molar refractivity (Wildman–Crippen MR) is 67.6 cm³/mol. The first-order valence-corrected chi connectivity index (χ1v) is 6.76. The summed E-state index contributed by atoms with van der Waals surface area (Å²) in [7, 11) is 0. The van der Waals surface area contributed by atoms with Gasteiger partial charge in [0.1, 0.15) is 0 Å². The van der Waals surface area contributed by atoms with E-state index >= 15 is 0 Å². The number of carbonyl (C=O) groups is 2. The van der Waals surface area contributed by atoms with Crippen molar-refractivity contribution in [1.82, 2.24) is 0 Å². The standard InChI is InChI=1S/C11H8BrNO3S/c12-7-1-6-8(13-11(15)10(6)14)2-9(7)17-5-3-16-4-5/h1-2,5H,3-4H2,(H,13,14,15). The highest BCUT2D eigenvalue weighted by atomic mass is 79.9. The van der Waals surface area contributed by atoms with Crippen LogP contribution in [0.5, 0.6) is 0 Å². The molecule has 0 unspecified atom stereocenters. The Balaban J connectivity index is 1.94. The van der Waals surface area contributed by atoms with Gasteiger partial charge in [-0.05, 0) is 28.1 Å². The lowest BCUT2D eigenvalue weighted by Gasteiger charge is -2.25. The second kappa shape index (κ2) is 4.12. The number of hydrogen-bond donors (Lipinski definition) is 1. The van der Waals surface area contributed by atoms with Gasteiger partial charge in [-0.15, -0.1) is 11.8 Å². The molecule has 1 aromatic rings. The molecule has 1 amide bonds. The first kappa shape index (κ1) is 11.3. The van der Waals surface area contributed by atoms with Crippen LogP contribution in [0.25, 0.3) is 0 Å². The Morgan fingerprint density at radius 3 is 2.76 bits per heavy atom. The van der Waals surface area contributed by atoms with Gasteiger partial charge in [0.15, 0.2) is 0 Å². The molecule has 1 saturated heterocycles. The molecule has 0 aliphatic carbocycles. The van der Waals surface area contributed by atoms with Crippen LogP contribution < -0.4 is 5.32 Å². The number of fused-ring (bicyclic) bond motifs is 1. The SMILES string of the molecule is O=C1Nc2cc(SC3COC3)c(Br)cc2C1=O. The molecule has 0 spiro atoms. The molecule has 88 valence electrons. The van der Waals surface area contributed by atoms with Crippen LogP contribution in [-0.4, -0.2) is 30.2 Å². The summed E-state index contributed by atoms with van der Waals surface area (Å²) in [6.07, 6.45) is 0. The van der Waals surface area contributed by atoms with E-state index in [0.717, 1.165) is 22.6 Å². The molecule has 17 heavy (non-hydrogen) atoms. The van der Waals surface area contributed by atoms with E-state index < -0.39 is 11.7 Å². The molecular formula is C11H8BrNO3S. The molecule has 6 heteroatoms. The summed E-state index contributed by atoms with van der Waals surface area (Å²) in [6, 6.07) is 3.54. The minimum absolute atomic E-state index is 0.441. The quantitative estimate of drug-likeness (QED) is 0.849. The fraction of sp³-hybridized carbons (Fsp3) is 0.273. The van der Waals surface area contributed by atoms with Gasteiger partial charge in [0.05, 0.1) is 29.7 Å². The van der Waals surface area contributed by atoms with Gasteiger partial charge in [0.2, 0.25) is 0 Å². The number of rotatable bonds is 2. The summed E-state index contributed by atoms with van der Waals surface area (Å²) in [6.45, 7) is 1.50. The van der Waals surface area contributed by atoms with Crippen LogP contribution in [-0.2, 0) is 9.53 Å². The Kier molecular flexibility index (Phi) is 2.72. The summed E-state index contributed by atoms with van der Waals surface area (Å²) in [5.41, 5.74) is 1.04. The van der Waals surface area contributed by atoms with Gasteiger partial charge < -0.3 is 10.1 Å². The number of carbonyl (C=O) groups excluding carboxylic acids is 2. The molecule has 1 N–H and O–H groups in total. The number of amides is 1. The van der Waals surface area contributed by atoms with Gasteiger partial charge in [-0.25, -0.2) is 0 Å². The van der Waals surface area contributed by atoms with E-state index in [1.54, 1.807) is 17.8 Å². The average Bonchev–Trinajstić information content (AvgIpc) is 2.50. The van der Waals surface area contributed by atoms with Crippen molar-refractivity contribution >= 4 is 45.1 Å². The molecule has 0 bridgehead atoms. The molecule has 3 rings (SSSR count). The molecule has 2 aliphatic rings. The zero-order chi connectivity index (χ0) is 12.0. The second-order valence-corrected chi connectivity index (χ2v) is 6.09. The summed E-state index contributed by atoms with van der Waals surface area (Å²) >= 11 is 5.12. The van der Waals surface area contributed by atoms with E-state index in [4.69, 9.17) is 4.74 Å². The third-order valence-electron chi connectivity index (χ3n) is 2.67. The Morgan fingerprint density at radius 2 is 2.12 bits per heavy atom. The van der Waals surface area contributed by atoms with Crippen molar-refractivity contribution in [2.45, 2.75) is 10.1 Å². The Bertz CT molecular complexity index is 528. The van der Waals surface area contributed by atoms with Crippen molar-refractivity contribution in [2.75, 3.05) is 18.5 Å². The Labute approximate surface area is 110 Å². The van der Waals surface area contributed by atoms with Gasteiger partial charge in [-0.3, -0.25) is 9.59 Å². The van der Waals surface area contributed by atoms with Crippen molar-refractivity contribution in [3.05, 3.63) is 22.2 Å². The van der Waals surface area contributed by atoms with Crippen LogP contribution in [0.3, 0.4) is 0 Å². The number of nitrogens with one attached hydrogen (secondary N) is 1. The van der Waals surface area contributed by atoms with Crippen molar-refractivity contribution in [2.24, 2.45) is 0 Å². The van der Waals surface area contributed by atoms with Crippen LogP contribution in [0.4, 0.5) is 5.69 Å². The highest BCUT2D eigenvalue weighted by Crippen LogP contribution is 2.38. The van der Waals surface area contributed by atoms with E-state index in [-0.39, 0.29) is 0 Å². The number of Topliss-reactive ketones (excluding diaryl/α,β-unsaturated/α-hetero) is 1. The molecule has 4 nitrogen and oxygen atoms in total. The molecular weight excluding hydrogens is 306 g/mol. The zero-order valence-corrected chi connectivity index (χ0v) is 11.1. The molecule has 2 heterocycles. The molecule has 0 radical (unpaired) electrons. The van der Waals surface area contributed by atoms with Gasteiger partial charge in [-0.1, -0.05) is 0 Å². The normalized spacial score (nSPS) is 18.9. The number of hydrogen-bond acceptors (Lipinski definition) is 4. The smallest absolute Gasteiger partial charge is 0.296 e. The summed E-state index contributed by atoms with van der Waals surface area (Å²) in [4.78, 5) is 23.8. The average molecular weight is 314 g/mol. The lowest BCUT2D eigenvalue weighted by atomic mass is 10.1. The lowest BCUT2D eigenvalue weighted by Crippen LogP contribution is -2.30. The Hall–Kier alpha value is -0.850. The van der Waals surface area contributed by atoms with E-state index in [9.17, 15) is 9.59 Å². The topological polar surface area (TPSA) is 55.4 Å². The second-order valence-electron chi connectivity index (χ2n) is 3.89. The number of halogens is 1. The van der Waals surface area contributed by atoms with Crippen LogP contribution in [0, 0.1) is 0 Å². The summed E-state index contributed by atoms with van der Waals surface area (Å²) < 4.78 is 5.96. The van der Waals surface area contributed by atoms with Crippen LogP contribution in [0.15, 0.2) is 21.5 Å². The van der Waals surface area contributed by atoms with E-state index in [0.29, 0.717) is 16.5 Å². The predicted octanol–water partition coefficient (Wildman–Crippen LogP) is 2.07. The Morgan fingerprint density at radius 1 is 1.35 bits per heavy atom. The number of thioether (sulfide) groups is 1. The fourth-order valence-electron chi connectivity index (χ4n) is 1.70. The van der Waals surface area contributed by atoms with E-state index in [1.165, 1.54) is 0 Å². The summed E-state index contributed by atoms with van der Waals surface area (Å²) in [5.74, 6) is -1.02. The third kappa shape index (κ3) is 1.90.